The second kappa shape index (κ2) is 5.60. The minimum Gasteiger partial charge on any atom is -0.342 e. The molecule has 0 aliphatic carbocycles. The molecule has 0 bridgehead atoms. The Hall–Kier alpha value is -1.69. The zero-order chi connectivity index (χ0) is 15.0. The van der Waals surface area contributed by atoms with Crippen molar-refractivity contribution >= 4 is 17.4 Å². The van der Waals surface area contributed by atoms with Gasteiger partial charge in [0.2, 0.25) is 5.89 Å². The fourth-order valence-electron chi connectivity index (χ4n) is 2.51. The second-order valence-corrected chi connectivity index (χ2v) is 5.89. The molecular weight excluding hydrogens is 295 g/mol. The highest BCUT2D eigenvalue weighted by Crippen LogP contribution is 2.36. The molecule has 3 rings (SSSR count). The van der Waals surface area contributed by atoms with E-state index in [-0.39, 0.29) is 22.8 Å². The van der Waals surface area contributed by atoms with Crippen molar-refractivity contribution in [1.82, 2.24) is 15.1 Å². The predicted molar refractivity (Wildman–Crippen MR) is 76.9 cm³/mol. The van der Waals surface area contributed by atoms with Gasteiger partial charge in [-0.25, -0.2) is 9.37 Å². The van der Waals surface area contributed by atoms with Crippen LogP contribution in [0.1, 0.15) is 50.4 Å². The van der Waals surface area contributed by atoms with Gasteiger partial charge in [0.15, 0.2) is 17.5 Å². The minimum atomic E-state index is -0.432. The number of halogens is 2. The van der Waals surface area contributed by atoms with Crippen LogP contribution < -0.4 is 4.90 Å². The van der Waals surface area contributed by atoms with E-state index in [0.717, 1.165) is 12.8 Å². The zero-order valence-corrected chi connectivity index (χ0v) is 12.6. The average Bonchev–Trinajstić information content (AvgIpc) is 3.06. The molecule has 0 radical (unpaired) electrons. The van der Waals surface area contributed by atoms with Crippen LogP contribution in [0.5, 0.6) is 0 Å². The molecule has 1 aliphatic rings. The maximum Gasteiger partial charge on any atom is 0.249 e. The van der Waals surface area contributed by atoms with Crippen LogP contribution in [0.25, 0.3) is 0 Å². The average molecular weight is 311 g/mol. The van der Waals surface area contributed by atoms with Gasteiger partial charge in [0.05, 0.1) is 5.02 Å². The highest BCUT2D eigenvalue weighted by atomic mass is 35.5. The van der Waals surface area contributed by atoms with Crippen molar-refractivity contribution < 1.29 is 8.91 Å². The van der Waals surface area contributed by atoms with E-state index in [1.54, 1.807) is 0 Å². The molecule has 1 saturated heterocycles. The third-order valence-electron chi connectivity index (χ3n) is 3.57. The molecule has 1 atom stereocenters. The maximum atomic E-state index is 14.1. The third kappa shape index (κ3) is 2.72. The molecule has 2 aromatic heterocycles. The van der Waals surface area contributed by atoms with Gasteiger partial charge in [0.1, 0.15) is 6.04 Å². The summed E-state index contributed by atoms with van der Waals surface area (Å²) in [4.78, 5) is 10.4. The Kier molecular flexibility index (Phi) is 3.80. The van der Waals surface area contributed by atoms with Crippen LogP contribution in [0.2, 0.25) is 5.02 Å². The summed E-state index contributed by atoms with van der Waals surface area (Å²) in [7, 11) is 0. The first-order valence-electron chi connectivity index (χ1n) is 6.97. The molecule has 1 fully saturated rings. The van der Waals surface area contributed by atoms with Gasteiger partial charge in [0, 0.05) is 18.7 Å². The lowest BCUT2D eigenvalue weighted by Crippen LogP contribution is -2.25. The lowest BCUT2D eigenvalue weighted by molar-refractivity contribution is 0.348. The summed E-state index contributed by atoms with van der Waals surface area (Å²) in [5.74, 6) is 1.24. The summed E-state index contributed by atoms with van der Waals surface area (Å²) in [6.07, 6.45) is 3.21. The predicted octanol–water partition coefficient (Wildman–Crippen LogP) is 3.72. The fourth-order valence-corrected chi connectivity index (χ4v) is 2.66. The summed E-state index contributed by atoms with van der Waals surface area (Å²) in [5.41, 5.74) is 0. The highest BCUT2D eigenvalue weighted by Gasteiger charge is 2.33. The monoisotopic (exact) mass is 310 g/mol. The zero-order valence-electron chi connectivity index (χ0n) is 11.9. The number of hydrogen-bond donors (Lipinski definition) is 0. The summed E-state index contributed by atoms with van der Waals surface area (Å²) >= 11 is 5.75. The smallest absolute Gasteiger partial charge is 0.249 e. The molecule has 0 aromatic carbocycles. The van der Waals surface area contributed by atoms with E-state index in [1.165, 1.54) is 12.3 Å². The van der Waals surface area contributed by atoms with Crippen molar-refractivity contribution in [2.24, 2.45) is 0 Å². The van der Waals surface area contributed by atoms with E-state index in [0.29, 0.717) is 18.3 Å². The standard InChI is InChI=1S/C14H16ClFN4O/c1-8(2)12-18-14(21-19-12)11-4-3-5-20(11)13-10(16)6-9(15)7-17-13/h6-8,11H,3-5H2,1-2H3/t11-/m0/s1. The van der Waals surface area contributed by atoms with Gasteiger partial charge in [-0.1, -0.05) is 30.6 Å². The van der Waals surface area contributed by atoms with Crippen LogP contribution in [0.4, 0.5) is 10.2 Å². The SMILES string of the molecule is CC(C)c1noc([C@@H]2CCCN2c2ncc(Cl)cc2F)n1. The van der Waals surface area contributed by atoms with E-state index in [4.69, 9.17) is 16.1 Å². The number of aromatic nitrogens is 3. The van der Waals surface area contributed by atoms with E-state index in [9.17, 15) is 4.39 Å². The molecule has 2 aromatic rings. The molecule has 21 heavy (non-hydrogen) atoms. The molecular formula is C14H16ClFN4O. The molecule has 0 saturated carbocycles. The molecule has 0 spiro atoms. The van der Waals surface area contributed by atoms with Gasteiger partial charge in [0.25, 0.3) is 0 Å². The third-order valence-corrected chi connectivity index (χ3v) is 3.78. The van der Waals surface area contributed by atoms with Gasteiger partial charge in [-0.3, -0.25) is 0 Å². The normalized spacial score (nSPS) is 18.7. The van der Waals surface area contributed by atoms with Gasteiger partial charge in [-0.15, -0.1) is 0 Å². The van der Waals surface area contributed by atoms with E-state index >= 15 is 0 Å². The first kappa shape index (κ1) is 14.3. The van der Waals surface area contributed by atoms with Gasteiger partial charge in [-0.05, 0) is 18.9 Å². The number of rotatable bonds is 3. The van der Waals surface area contributed by atoms with Crippen molar-refractivity contribution in [3.8, 4) is 0 Å². The van der Waals surface area contributed by atoms with Gasteiger partial charge >= 0.3 is 0 Å². The van der Waals surface area contributed by atoms with Crippen molar-refractivity contribution in [2.45, 2.75) is 38.6 Å². The van der Waals surface area contributed by atoms with Crippen molar-refractivity contribution in [3.05, 3.63) is 34.8 Å². The molecule has 1 aliphatic heterocycles. The van der Waals surface area contributed by atoms with Crippen LogP contribution in [0.15, 0.2) is 16.8 Å². The number of anilines is 1. The molecule has 0 N–H and O–H groups in total. The Morgan fingerprint density at radius 1 is 1.48 bits per heavy atom. The summed E-state index contributed by atoms with van der Waals surface area (Å²) in [6.45, 7) is 4.71. The molecule has 5 nitrogen and oxygen atoms in total. The van der Waals surface area contributed by atoms with E-state index < -0.39 is 5.82 Å². The van der Waals surface area contributed by atoms with Crippen molar-refractivity contribution in [2.75, 3.05) is 11.4 Å². The number of nitrogens with zero attached hydrogens (tertiary/aromatic N) is 4. The Balaban J connectivity index is 1.91. The first-order valence-corrected chi connectivity index (χ1v) is 7.35. The Bertz CT molecular complexity index is 646. The Labute approximate surface area is 127 Å². The molecule has 112 valence electrons. The van der Waals surface area contributed by atoms with Gasteiger partial charge in [-0.2, -0.15) is 4.98 Å². The minimum absolute atomic E-state index is 0.131. The summed E-state index contributed by atoms with van der Waals surface area (Å²) < 4.78 is 19.4. The molecule has 0 unspecified atom stereocenters. The maximum absolute atomic E-state index is 14.1. The highest BCUT2D eigenvalue weighted by molar-refractivity contribution is 6.30. The number of pyridine rings is 1. The topological polar surface area (TPSA) is 55.1 Å². The van der Waals surface area contributed by atoms with Crippen LogP contribution in [0.3, 0.4) is 0 Å². The van der Waals surface area contributed by atoms with E-state index in [2.05, 4.69) is 15.1 Å². The number of hydrogen-bond acceptors (Lipinski definition) is 5. The Morgan fingerprint density at radius 3 is 2.95 bits per heavy atom. The molecule has 7 heteroatoms. The quantitative estimate of drug-likeness (QED) is 0.864. The molecule has 0 amide bonds. The Morgan fingerprint density at radius 2 is 2.29 bits per heavy atom. The second-order valence-electron chi connectivity index (χ2n) is 5.46. The largest absolute Gasteiger partial charge is 0.342 e. The summed E-state index contributed by atoms with van der Waals surface area (Å²) in [6, 6.07) is 1.14. The van der Waals surface area contributed by atoms with Crippen LogP contribution in [-0.4, -0.2) is 21.7 Å². The first-order chi connectivity index (χ1) is 10.1. The van der Waals surface area contributed by atoms with Crippen LogP contribution in [0, 0.1) is 5.82 Å². The summed E-state index contributed by atoms with van der Waals surface area (Å²) in [5, 5.41) is 4.26. The lowest BCUT2D eigenvalue weighted by atomic mass is 10.2. The molecule has 3 heterocycles. The van der Waals surface area contributed by atoms with Gasteiger partial charge < -0.3 is 9.42 Å². The van der Waals surface area contributed by atoms with Crippen LogP contribution >= 0.6 is 11.6 Å². The lowest BCUT2D eigenvalue weighted by Gasteiger charge is -2.23. The van der Waals surface area contributed by atoms with E-state index in [1.807, 2.05) is 18.7 Å². The van der Waals surface area contributed by atoms with Crippen LogP contribution in [-0.2, 0) is 0 Å². The van der Waals surface area contributed by atoms with Crippen molar-refractivity contribution in [3.63, 3.8) is 0 Å². The fraction of sp³-hybridized carbons (Fsp3) is 0.500. The van der Waals surface area contributed by atoms with Crippen molar-refractivity contribution in [1.29, 1.82) is 0 Å².